The number of rotatable bonds is 6. The van der Waals surface area contributed by atoms with Gasteiger partial charge in [-0.15, -0.1) is 0 Å². The van der Waals surface area contributed by atoms with Crippen LogP contribution in [-0.4, -0.2) is 43.3 Å². The summed E-state index contributed by atoms with van der Waals surface area (Å²) in [4.78, 5) is 21.9. The Morgan fingerprint density at radius 3 is 2.28 bits per heavy atom. The summed E-state index contributed by atoms with van der Waals surface area (Å²) >= 11 is 0. The van der Waals surface area contributed by atoms with E-state index in [2.05, 4.69) is 10.1 Å². The van der Waals surface area contributed by atoms with Crippen LogP contribution in [0.15, 0.2) is 12.1 Å². The smallest absolute Gasteiger partial charge is 0.341 e. The highest BCUT2D eigenvalue weighted by Crippen LogP contribution is 2.45. The lowest BCUT2D eigenvalue weighted by atomic mass is 10.0. The number of ether oxygens (including phenoxy) is 3. The molecule has 1 aromatic rings. The molecule has 2 fully saturated rings. The molecule has 0 spiro atoms. The van der Waals surface area contributed by atoms with Crippen molar-refractivity contribution in [3.8, 4) is 5.75 Å². The van der Waals surface area contributed by atoms with E-state index in [9.17, 15) is 14.0 Å². The summed E-state index contributed by atoms with van der Waals surface area (Å²) in [6.45, 7) is 13.8. The van der Waals surface area contributed by atoms with Crippen molar-refractivity contribution in [1.29, 1.82) is 0 Å². The average Bonchev–Trinajstić information content (AvgIpc) is 3.50. The Bertz CT molecular complexity index is 772. The Morgan fingerprint density at radius 1 is 1.12 bits per heavy atom. The Labute approximate surface area is 191 Å². The Hall–Kier alpha value is -2.15. The van der Waals surface area contributed by atoms with Crippen molar-refractivity contribution in [2.24, 2.45) is 5.92 Å². The van der Waals surface area contributed by atoms with E-state index < -0.39 is 17.4 Å². The number of nitrogens with one attached hydrogen (secondary N) is 1. The fourth-order valence-electron chi connectivity index (χ4n) is 3.32. The summed E-state index contributed by atoms with van der Waals surface area (Å²) < 4.78 is 30.3. The van der Waals surface area contributed by atoms with E-state index in [1.807, 2.05) is 20.8 Å². The van der Waals surface area contributed by atoms with Gasteiger partial charge in [0.05, 0.1) is 12.2 Å². The molecule has 0 aromatic heterocycles. The standard InChI is InChI=1S/C20H28FNO3.C5H10O2/c1-20(2,3)25-19(23)16-9-15(14-6-7-14)18(10-17(16)21)24-12-13-5-4-8-22-11-13;1-5(2,3)7-4-6/h9-10,13-14,22H,4-8,11-12H2,1-3H3;4H,1-3H3/t13-;/m0./s1. The number of carbonyl (C=O) groups excluding carboxylic acids is 2. The molecule has 1 N–H and O–H groups in total. The zero-order valence-electron chi connectivity index (χ0n) is 20.3. The van der Waals surface area contributed by atoms with E-state index in [0.717, 1.165) is 44.3 Å². The molecule has 2 aliphatic rings. The molecule has 3 rings (SSSR count). The average molecular weight is 452 g/mol. The molecule has 1 aromatic carbocycles. The highest BCUT2D eigenvalue weighted by atomic mass is 19.1. The third-order valence-corrected chi connectivity index (χ3v) is 5.01. The number of benzene rings is 1. The minimum atomic E-state index is -0.646. The summed E-state index contributed by atoms with van der Waals surface area (Å²) in [5.41, 5.74) is -0.0247. The first-order valence-corrected chi connectivity index (χ1v) is 11.4. The molecule has 1 saturated heterocycles. The van der Waals surface area contributed by atoms with Gasteiger partial charge in [0.15, 0.2) is 0 Å². The Morgan fingerprint density at radius 2 is 1.81 bits per heavy atom. The maximum absolute atomic E-state index is 14.5. The maximum atomic E-state index is 14.5. The monoisotopic (exact) mass is 451 g/mol. The molecule has 0 bridgehead atoms. The minimum Gasteiger partial charge on any atom is -0.493 e. The highest BCUT2D eigenvalue weighted by Gasteiger charge is 2.31. The lowest BCUT2D eigenvalue weighted by molar-refractivity contribution is -0.138. The molecule has 0 unspecified atom stereocenters. The van der Waals surface area contributed by atoms with Crippen LogP contribution in [0.5, 0.6) is 5.75 Å². The lowest BCUT2D eigenvalue weighted by Crippen LogP contribution is -2.33. The first-order chi connectivity index (χ1) is 14.9. The van der Waals surface area contributed by atoms with Gasteiger partial charge >= 0.3 is 5.97 Å². The van der Waals surface area contributed by atoms with Gasteiger partial charge in [0.1, 0.15) is 22.8 Å². The fraction of sp³-hybridized carbons (Fsp3) is 0.680. The minimum absolute atomic E-state index is 0.00325. The van der Waals surface area contributed by atoms with Gasteiger partial charge in [-0.2, -0.15) is 0 Å². The number of hydrogen-bond acceptors (Lipinski definition) is 6. The van der Waals surface area contributed by atoms with Crippen molar-refractivity contribution < 1.29 is 28.2 Å². The number of esters is 1. The molecule has 1 saturated carbocycles. The van der Waals surface area contributed by atoms with Crippen LogP contribution in [0.1, 0.15) is 89.1 Å². The topological polar surface area (TPSA) is 73.9 Å². The fourth-order valence-corrected chi connectivity index (χ4v) is 3.32. The second kappa shape index (κ2) is 11.1. The molecule has 1 aliphatic heterocycles. The van der Waals surface area contributed by atoms with Gasteiger partial charge in [-0.25, -0.2) is 9.18 Å². The third-order valence-electron chi connectivity index (χ3n) is 5.01. The van der Waals surface area contributed by atoms with E-state index in [0.29, 0.717) is 30.7 Å². The quantitative estimate of drug-likeness (QED) is 0.485. The van der Waals surface area contributed by atoms with Crippen LogP contribution in [0.3, 0.4) is 0 Å². The van der Waals surface area contributed by atoms with Crippen molar-refractivity contribution in [2.45, 2.75) is 84.3 Å². The van der Waals surface area contributed by atoms with Crippen molar-refractivity contribution >= 4 is 12.4 Å². The van der Waals surface area contributed by atoms with E-state index in [1.54, 1.807) is 26.8 Å². The number of piperidine rings is 1. The number of carbonyl (C=O) groups is 2. The third kappa shape index (κ3) is 9.15. The Kier molecular flexibility index (Phi) is 9.08. The summed E-state index contributed by atoms with van der Waals surface area (Å²) in [5, 5.41) is 3.36. The Balaban J connectivity index is 0.000000451. The number of halogens is 1. The molecule has 0 radical (unpaired) electrons. The molecular formula is C25H38FNO5. The molecule has 32 heavy (non-hydrogen) atoms. The molecule has 6 nitrogen and oxygen atoms in total. The summed E-state index contributed by atoms with van der Waals surface area (Å²) in [7, 11) is 0. The largest absolute Gasteiger partial charge is 0.493 e. The van der Waals surface area contributed by atoms with E-state index in [4.69, 9.17) is 9.47 Å². The van der Waals surface area contributed by atoms with Crippen molar-refractivity contribution in [3.63, 3.8) is 0 Å². The van der Waals surface area contributed by atoms with Gasteiger partial charge in [-0.3, -0.25) is 4.79 Å². The zero-order chi connectivity index (χ0) is 23.9. The van der Waals surface area contributed by atoms with Gasteiger partial charge < -0.3 is 19.5 Å². The van der Waals surface area contributed by atoms with Gasteiger partial charge in [0.2, 0.25) is 0 Å². The zero-order valence-corrected chi connectivity index (χ0v) is 20.3. The molecule has 1 heterocycles. The van der Waals surface area contributed by atoms with Crippen molar-refractivity contribution in [2.75, 3.05) is 19.7 Å². The van der Waals surface area contributed by atoms with Gasteiger partial charge in [0.25, 0.3) is 6.47 Å². The van der Waals surface area contributed by atoms with Gasteiger partial charge in [-0.1, -0.05) is 0 Å². The van der Waals surface area contributed by atoms with E-state index in [1.165, 1.54) is 6.07 Å². The van der Waals surface area contributed by atoms with Crippen LogP contribution >= 0.6 is 0 Å². The van der Waals surface area contributed by atoms with Crippen LogP contribution in [0.2, 0.25) is 0 Å². The highest BCUT2D eigenvalue weighted by molar-refractivity contribution is 5.90. The molecule has 1 atom stereocenters. The predicted molar refractivity (Wildman–Crippen MR) is 122 cm³/mol. The SMILES string of the molecule is CC(C)(C)OC(=O)c1cc(C2CC2)c(OC[C@H]2CCCNC2)cc1F.CC(C)(C)OC=O. The van der Waals surface area contributed by atoms with Crippen LogP contribution in [0.4, 0.5) is 4.39 Å². The molecule has 7 heteroatoms. The molecule has 1 aliphatic carbocycles. The first kappa shape index (κ1) is 26.1. The molecule has 0 amide bonds. The van der Waals surface area contributed by atoms with E-state index >= 15 is 0 Å². The normalized spacial score (nSPS) is 18.8. The molecule has 180 valence electrons. The predicted octanol–water partition coefficient (Wildman–Crippen LogP) is 4.99. The van der Waals surface area contributed by atoms with Crippen LogP contribution in [0.25, 0.3) is 0 Å². The molecular weight excluding hydrogens is 413 g/mol. The van der Waals surface area contributed by atoms with Gasteiger partial charge in [0, 0.05) is 18.5 Å². The summed E-state index contributed by atoms with van der Waals surface area (Å²) in [5.74, 6) is 0.207. The first-order valence-electron chi connectivity index (χ1n) is 11.4. The van der Waals surface area contributed by atoms with Crippen LogP contribution in [-0.2, 0) is 14.3 Å². The van der Waals surface area contributed by atoms with Gasteiger partial charge in [-0.05, 0) is 91.3 Å². The maximum Gasteiger partial charge on any atom is 0.341 e. The summed E-state index contributed by atoms with van der Waals surface area (Å²) in [6.07, 6.45) is 4.39. The second-order valence-corrected chi connectivity index (χ2v) is 10.5. The van der Waals surface area contributed by atoms with Crippen molar-refractivity contribution in [3.05, 3.63) is 29.1 Å². The lowest BCUT2D eigenvalue weighted by Gasteiger charge is -2.24. The van der Waals surface area contributed by atoms with Crippen molar-refractivity contribution in [1.82, 2.24) is 5.32 Å². The number of hydrogen-bond donors (Lipinski definition) is 1. The van der Waals surface area contributed by atoms with E-state index in [-0.39, 0.29) is 11.2 Å². The van der Waals surface area contributed by atoms with Crippen LogP contribution < -0.4 is 10.1 Å². The second-order valence-electron chi connectivity index (χ2n) is 10.5. The summed E-state index contributed by atoms with van der Waals surface area (Å²) in [6, 6.07) is 3.00. The van der Waals surface area contributed by atoms with Crippen LogP contribution in [0, 0.1) is 11.7 Å².